The number of urea groups is 1. The van der Waals surface area contributed by atoms with Crippen LogP contribution in [0.2, 0.25) is 0 Å². The Morgan fingerprint density at radius 1 is 1.11 bits per heavy atom. The number of benzene rings is 1. The zero-order valence-corrected chi connectivity index (χ0v) is 14.9. The summed E-state index contributed by atoms with van der Waals surface area (Å²) in [5.41, 5.74) is 1.19. The number of carbonyl (C=O) groups excluding carboxylic acids is 1. The van der Waals surface area contributed by atoms with Crippen LogP contribution in [0.5, 0.6) is 0 Å². The highest BCUT2D eigenvalue weighted by atomic mass is 19.2. The summed E-state index contributed by atoms with van der Waals surface area (Å²) in [6.45, 7) is 0. The molecule has 1 atom stereocenters. The van der Waals surface area contributed by atoms with E-state index in [1.165, 1.54) is 11.6 Å². The minimum atomic E-state index is -1.16. The lowest BCUT2D eigenvalue weighted by Gasteiger charge is -2.70. The molecule has 1 unspecified atom stereocenters. The molecule has 2 amide bonds. The normalized spacial score (nSPS) is 25.8. The minimum Gasteiger partial charge on any atom is -0.481 e. The van der Waals surface area contributed by atoms with Crippen molar-refractivity contribution < 1.29 is 23.5 Å². The molecule has 0 aliphatic heterocycles. The second kappa shape index (κ2) is 6.54. The van der Waals surface area contributed by atoms with Crippen LogP contribution in [-0.2, 0) is 10.2 Å². The minimum absolute atomic E-state index is 0.0801. The highest BCUT2D eigenvalue weighted by Gasteiger charge is 2.69. The largest absolute Gasteiger partial charge is 0.481 e. The van der Waals surface area contributed by atoms with Crippen molar-refractivity contribution in [3.8, 4) is 0 Å². The number of carboxylic acid groups (broad SMARTS) is 1. The van der Waals surface area contributed by atoms with Crippen molar-refractivity contribution in [2.24, 2.45) is 0 Å². The van der Waals surface area contributed by atoms with E-state index in [2.05, 4.69) is 15.6 Å². The van der Waals surface area contributed by atoms with E-state index in [1.807, 2.05) is 12.1 Å². The summed E-state index contributed by atoms with van der Waals surface area (Å²) in [5, 5.41) is 14.6. The Morgan fingerprint density at radius 3 is 2.39 bits per heavy atom. The highest BCUT2D eigenvalue weighted by Crippen LogP contribution is 2.67. The number of aliphatic carboxylic acids is 1. The lowest BCUT2D eigenvalue weighted by atomic mass is 9.37. The third kappa shape index (κ3) is 3.19. The van der Waals surface area contributed by atoms with E-state index in [1.54, 1.807) is 12.4 Å². The lowest BCUT2D eigenvalue weighted by Crippen LogP contribution is -2.77. The first-order valence-electron chi connectivity index (χ1n) is 8.97. The molecular formula is C20H19F2N3O3. The number of aromatic nitrogens is 1. The van der Waals surface area contributed by atoms with Gasteiger partial charge in [0.1, 0.15) is 0 Å². The standard InChI is InChI=1S/C20H19F2N3O3/c21-14-2-1-12(7-15(14)22)16(8-17(26)27)24-18(28)25-20-9-19(10-20,11-20)13-3-5-23-6-4-13/h1-7,16H,8-11H2,(H,26,27)(H2,24,25,28). The van der Waals surface area contributed by atoms with Crippen molar-refractivity contribution in [2.45, 2.75) is 42.7 Å². The SMILES string of the molecule is O=C(O)CC(NC(=O)NC12CC(c3ccncc3)(C1)C2)c1ccc(F)c(F)c1. The van der Waals surface area contributed by atoms with E-state index in [0.29, 0.717) is 0 Å². The molecule has 1 aromatic carbocycles. The first-order chi connectivity index (χ1) is 13.3. The molecule has 0 saturated heterocycles. The van der Waals surface area contributed by atoms with E-state index in [-0.39, 0.29) is 16.5 Å². The molecule has 1 aromatic heterocycles. The number of amides is 2. The number of carbonyl (C=O) groups is 2. The summed E-state index contributed by atoms with van der Waals surface area (Å²) in [5.74, 6) is -3.27. The second-order valence-corrected chi connectivity index (χ2v) is 7.75. The number of nitrogens with zero attached hydrogens (tertiary/aromatic N) is 1. The van der Waals surface area contributed by atoms with Crippen molar-refractivity contribution in [2.75, 3.05) is 0 Å². The predicted molar refractivity (Wildman–Crippen MR) is 95.5 cm³/mol. The first-order valence-corrected chi connectivity index (χ1v) is 8.97. The smallest absolute Gasteiger partial charge is 0.315 e. The van der Waals surface area contributed by atoms with Gasteiger partial charge in [-0.25, -0.2) is 13.6 Å². The first kappa shape index (κ1) is 18.3. The zero-order chi connectivity index (χ0) is 19.9. The zero-order valence-electron chi connectivity index (χ0n) is 14.9. The maximum Gasteiger partial charge on any atom is 0.315 e. The van der Waals surface area contributed by atoms with E-state index >= 15 is 0 Å². The van der Waals surface area contributed by atoms with Gasteiger partial charge in [-0.05, 0) is 54.7 Å². The van der Waals surface area contributed by atoms with E-state index in [0.717, 1.165) is 31.4 Å². The monoisotopic (exact) mass is 387 g/mol. The van der Waals surface area contributed by atoms with Crippen LogP contribution in [0.15, 0.2) is 42.7 Å². The fraction of sp³-hybridized carbons (Fsp3) is 0.350. The number of halogens is 2. The Hall–Kier alpha value is -3.03. The molecule has 146 valence electrons. The molecule has 3 aliphatic rings. The number of carboxylic acids is 1. The van der Waals surface area contributed by atoms with Crippen LogP contribution in [0.4, 0.5) is 13.6 Å². The Morgan fingerprint density at radius 2 is 1.79 bits per heavy atom. The van der Waals surface area contributed by atoms with Crippen LogP contribution in [0.1, 0.15) is 42.9 Å². The number of nitrogens with one attached hydrogen (secondary N) is 2. The fourth-order valence-corrected chi connectivity index (χ4v) is 4.52. The van der Waals surface area contributed by atoms with Crippen molar-refractivity contribution in [3.63, 3.8) is 0 Å². The van der Waals surface area contributed by atoms with Crippen LogP contribution in [0.25, 0.3) is 0 Å². The van der Waals surface area contributed by atoms with Crippen LogP contribution in [0.3, 0.4) is 0 Å². The van der Waals surface area contributed by atoms with Crippen LogP contribution < -0.4 is 10.6 Å². The van der Waals surface area contributed by atoms with Gasteiger partial charge in [0, 0.05) is 23.3 Å². The molecule has 3 fully saturated rings. The Kier molecular flexibility index (Phi) is 4.28. The molecule has 0 spiro atoms. The number of hydrogen-bond acceptors (Lipinski definition) is 3. The molecule has 3 N–H and O–H groups in total. The Bertz CT molecular complexity index is 916. The van der Waals surface area contributed by atoms with Crippen molar-refractivity contribution >= 4 is 12.0 Å². The molecule has 6 nitrogen and oxygen atoms in total. The van der Waals surface area contributed by atoms with E-state index in [9.17, 15) is 18.4 Å². The summed E-state index contributed by atoms with van der Waals surface area (Å²) in [6.07, 6.45) is 5.50. The second-order valence-electron chi connectivity index (χ2n) is 7.75. The van der Waals surface area contributed by atoms with Gasteiger partial charge >= 0.3 is 12.0 Å². The summed E-state index contributed by atoms with van der Waals surface area (Å²) in [6, 6.07) is 5.57. The summed E-state index contributed by atoms with van der Waals surface area (Å²) in [7, 11) is 0. The average Bonchev–Trinajstić information content (AvgIpc) is 2.59. The molecule has 2 aromatic rings. The molecule has 8 heteroatoms. The maximum absolute atomic E-state index is 13.5. The summed E-state index contributed by atoms with van der Waals surface area (Å²) in [4.78, 5) is 27.6. The highest BCUT2D eigenvalue weighted by molar-refractivity contribution is 5.78. The molecule has 0 radical (unpaired) electrons. The quantitative estimate of drug-likeness (QED) is 0.711. The van der Waals surface area contributed by atoms with Crippen molar-refractivity contribution in [1.29, 1.82) is 0 Å². The summed E-state index contributed by atoms with van der Waals surface area (Å²) < 4.78 is 26.7. The van der Waals surface area contributed by atoms with Gasteiger partial charge < -0.3 is 15.7 Å². The number of hydrogen-bond donors (Lipinski definition) is 3. The fourth-order valence-electron chi connectivity index (χ4n) is 4.52. The molecule has 28 heavy (non-hydrogen) atoms. The molecule has 3 aliphatic carbocycles. The molecule has 1 heterocycles. The molecule has 3 saturated carbocycles. The Balaban J connectivity index is 1.39. The van der Waals surface area contributed by atoms with E-state index < -0.39 is 36.1 Å². The lowest BCUT2D eigenvalue weighted by molar-refractivity contribution is -0.137. The summed E-state index contributed by atoms with van der Waals surface area (Å²) >= 11 is 0. The van der Waals surface area contributed by atoms with Gasteiger partial charge in [0.25, 0.3) is 0 Å². The van der Waals surface area contributed by atoms with Gasteiger partial charge in [-0.2, -0.15) is 0 Å². The molecule has 5 rings (SSSR count). The van der Waals surface area contributed by atoms with Gasteiger partial charge in [0.15, 0.2) is 11.6 Å². The van der Waals surface area contributed by atoms with Gasteiger partial charge in [-0.15, -0.1) is 0 Å². The third-order valence-electron chi connectivity index (χ3n) is 5.73. The Labute approximate surface area is 160 Å². The third-order valence-corrected chi connectivity index (χ3v) is 5.73. The van der Waals surface area contributed by atoms with Crippen molar-refractivity contribution in [1.82, 2.24) is 15.6 Å². The van der Waals surface area contributed by atoms with Crippen LogP contribution in [-0.4, -0.2) is 27.6 Å². The van der Waals surface area contributed by atoms with Gasteiger partial charge in [0.2, 0.25) is 0 Å². The van der Waals surface area contributed by atoms with E-state index in [4.69, 9.17) is 5.11 Å². The van der Waals surface area contributed by atoms with Gasteiger partial charge in [-0.1, -0.05) is 6.07 Å². The van der Waals surface area contributed by atoms with Crippen LogP contribution >= 0.6 is 0 Å². The maximum atomic E-state index is 13.5. The van der Waals surface area contributed by atoms with Crippen molar-refractivity contribution in [3.05, 3.63) is 65.5 Å². The average molecular weight is 387 g/mol. The predicted octanol–water partition coefficient (Wildman–Crippen LogP) is 3.05. The molecular weight excluding hydrogens is 368 g/mol. The topological polar surface area (TPSA) is 91.3 Å². The number of rotatable bonds is 6. The number of pyridine rings is 1. The van der Waals surface area contributed by atoms with Gasteiger partial charge in [0.05, 0.1) is 12.5 Å². The van der Waals surface area contributed by atoms with Gasteiger partial charge in [-0.3, -0.25) is 9.78 Å². The molecule has 2 bridgehead atoms. The van der Waals surface area contributed by atoms with Crippen LogP contribution in [0, 0.1) is 11.6 Å².